The van der Waals surface area contributed by atoms with Crippen LogP contribution in [-0.2, 0) is 0 Å². The fraction of sp³-hybridized carbons (Fsp3) is 0.625. The Balaban J connectivity index is 2.93. The Kier molecular flexibility index (Phi) is 2.17. The summed E-state index contributed by atoms with van der Waals surface area (Å²) in [5.41, 5.74) is 6.71. The third kappa shape index (κ3) is 1.53. The van der Waals surface area contributed by atoms with Gasteiger partial charge in [0, 0.05) is 6.07 Å². The molecule has 3 nitrogen and oxygen atoms in total. The van der Waals surface area contributed by atoms with Crippen LogP contribution < -0.4 is 5.73 Å². The molecule has 1 aromatic heterocycles. The highest BCUT2D eigenvalue weighted by Gasteiger charge is 2.06. The van der Waals surface area contributed by atoms with Crippen molar-refractivity contribution in [2.24, 2.45) is 0 Å². The monoisotopic (exact) mass is 153 g/mol. The molecule has 0 aromatic carbocycles. The van der Waals surface area contributed by atoms with E-state index in [1.165, 1.54) is 0 Å². The summed E-state index contributed by atoms with van der Waals surface area (Å²) >= 11 is 0. The van der Waals surface area contributed by atoms with Crippen molar-refractivity contribution < 1.29 is 0 Å². The highest BCUT2D eigenvalue weighted by Crippen LogP contribution is 2.15. The van der Waals surface area contributed by atoms with Crippen LogP contribution in [0.15, 0.2) is 6.07 Å². The van der Waals surface area contributed by atoms with Gasteiger partial charge in [-0.05, 0) is 20.3 Å². The Morgan fingerprint density at radius 3 is 2.73 bits per heavy atom. The second-order valence-electron chi connectivity index (χ2n) is 2.91. The van der Waals surface area contributed by atoms with Crippen LogP contribution in [-0.4, -0.2) is 9.78 Å². The quantitative estimate of drug-likeness (QED) is 0.703. The molecular weight excluding hydrogens is 138 g/mol. The van der Waals surface area contributed by atoms with Crippen LogP contribution in [0, 0.1) is 6.92 Å². The van der Waals surface area contributed by atoms with Crippen molar-refractivity contribution in [2.75, 3.05) is 5.73 Å². The number of hydrogen-bond donors (Lipinski definition) is 1. The van der Waals surface area contributed by atoms with E-state index >= 15 is 0 Å². The van der Waals surface area contributed by atoms with Gasteiger partial charge < -0.3 is 5.73 Å². The van der Waals surface area contributed by atoms with E-state index in [2.05, 4.69) is 18.9 Å². The third-order valence-corrected chi connectivity index (χ3v) is 1.90. The highest BCUT2D eigenvalue weighted by molar-refractivity contribution is 5.30. The molecule has 1 aromatic rings. The van der Waals surface area contributed by atoms with E-state index in [9.17, 15) is 0 Å². The van der Waals surface area contributed by atoms with E-state index in [1.54, 1.807) is 0 Å². The molecule has 1 rings (SSSR count). The Hall–Kier alpha value is -0.990. The third-order valence-electron chi connectivity index (χ3n) is 1.90. The van der Waals surface area contributed by atoms with Gasteiger partial charge in [-0.25, -0.2) is 4.68 Å². The van der Waals surface area contributed by atoms with E-state index in [0.29, 0.717) is 6.04 Å². The summed E-state index contributed by atoms with van der Waals surface area (Å²) in [6.45, 7) is 6.19. The molecule has 0 aliphatic heterocycles. The predicted octanol–water partition coefficient (Wildman–Crippen LogP) is 1.74. The van der Waals surface area contributed by atoms with E-state index in [0.717, 1.165) is 17.9 Å². The van der Waals surface area contributed by atoms with E-state index < -0.39 is 0 Å². The van der Waals surface area contributed by atoms with Crippen LogP contribution in [0.3, 0.4) is 0 Å². The highest BCUT2D eigenvalue weighted by atomic mass is 15.3. The SMILES string of the molecule is CC[C@@H](C)n1nc(C)cc1N. The zero-order valence-corrected chi connectivity index (χ0v) is 7.33. The minimum Gasteiger partial charge on any atom is -0.384 e. The van der Waals surface area contributed by atoms with Gasteiger partial charge >= 0.3 is 0 Å². The summed E-state index contributed by atoms with van der Waals surface area (Å²) in [5.74, 6) is 0.761. The molecular formula is C8H15N3. The van der Waals surface area contributed by atoms with Crippen molar-refractivity contribution in [1.29, 1.82) is 0 Å². The summed E-state index contributed by atoms with van der Waals surface area (Å²) in [5, 5.41) is 4.27. The summed E-state index contributed by atoms with van der Waals surface area (Å²) in [6.07, 6.45) is 1.06. The first kappa shape index (κ1) is 8.11. The average Bonchev–Trinajstić information content (AvgIpc) is 2.28. The molecule has 0 saturated heterocycles. The number of hydrogen-bond acceptors (Lipinski definition) is 2. The molecule has 1 heterocycles. The summed E-state index contributed by atoms with van der Waals surface area (Å²) < 4.78 is 1.87. The average molecular weight is 153 g/mol. The van der Waals surface area contributed by atoms with Crippen molar-refractivity contribution in [2.45, 2.75) is 33.2 Å². The topological polar surface area (TPSA) is 43.8 Å². The maximum absolute atomic E-state index is 5.72. The lowest BCUT2D eigenvalue weighted by molar-refractivity contribution is 0.482. The van der Waals surface area contributed by atoms with Crippen LogP contribution in [0.2, 0.25) is 0 Å². The van der Waals surface area contributed by atoms with Gasteiger partial charge in [-0.3, -0.25) is 0 Å². The van der Waals surface area contributed by atoms with Crippen LogP contribution in [0.1, 0.15) is 32.0 Å². The van der Waals surface area contributed by atoms with Crippen LogP contribution in [0.25, 0.3) is 0 Å². The van der Waals surface area contributed by atoms with Gasteiger partial charge in [0.2, 0.25) is 0 Å². The molecule has 0 radical (unpaired) electrons. The van der Waals surface area contributed by atoms with E-state index in [1.807, 2.05) is 17.7 Å². The minimum absolute atomic E-state index is 0.406. The summed E-state index contributed by atoms with van der Waals surface area (Å²) in [6, 6.07) is 2.30. The number of aryl methyl sites for hydroxylation is 1. The van der Waals surface area contributed by atoms with Gasteiger partial charge in [0.15, 0.2) is 0 Å². The Labute approximate surface area is 67.2 Å². The predicted molar refractivity (Wildman–Crippen MR) is 46.4 cm³/mol. The van der Waals surface area contributed by atoms with Gasteiger partial charge in [-0.15, -0.1) is 0 Å². The number of nitrogen functional groups attached to an aromatic ring is 1. The largest absolute Gasteiger partial charge is 0.384 e. The second-order valence-corrected chi connectivity index (χ2v) is 2.91. The lowest BCUT2D eigenvalue weighted by Gasteiger charge is -2.10. The molecule has 3 heteroatoms. The maximum Gasteiger partial charge on any atom is 0.122 e. The Morgan fingerprint density at radius 2 is 2.36 bits per heavy atom. The number of nitrogens with zero attached hydrogens (tertiary/aromatic N) is 2. The lowest BCUT2D eigenvalue weighted by atomic mass is 10.3. The molecule has 11 heavy (non-hydrogen) atoms. The molecule has 0 unspecified atom stereocenters. The zero-order valence-electron chi connectivity index (χ0n) is 7.33. The van der Waals surface area contributed by atoms with Crippen molar-refractivity contribution in [1.82, 2.24) is 9.78 Å². The number of nitrogens with two attached hydrogens (primary N) is 1. The molecule has 0 aliphatic carbocycles. The Bertz CT molecular complexity index is 239. The molecule has 0 aliphatic rings. The van der Waals surface area contributed by atoms with Crippen molar-refractivity contribution in [3.8, 4) is 0 Å². The fourth-order valence-electron chi connectivity index (χ4n) is 1.06. The fourth-order valence-corrected chi connectivity index (χ4v) is 1.06. The molecule has 1 atom stereocenters. The normalized spacial score (nSPS) is 13.4. The standard InChI is InChI=1S/C8H15N3/c1-4-7(3)11-8(9)5-6(2)10-11/h5,7H,4,9H2,1-3H3/t7-/m1/s1. The van der Waals surface area contributed by atoms with Crippen LogP contribution in [0.4, 0.5) is 5.82 Å². The minimum atomic E-state index is 0.406. The molecule has 0 saturated carbocycles. The zero-order chi connectivity index (χ0) is 8.43. The van der Waals surface area contributed by atoms with Crippen molar-refractivity contribution in [3.05, 3.63) is 11.8 Å². The lowest BCUT2D eigenvalue weighted by Crippen LogP contribution is -2.08. The number of anilines is 1. The first-order valence-electron chi connectivity index (χ1n) is 3.96. The molecule has 0 bridgehead atoms. The van der Waals surface area contributed by atoms with Gasteiger partial charge in [0.25, 0.3) is 0 Å². The van der Waals surface area contributed by atoms with Crippen LogP contribution in [0.5, 0.6) is 0 Å². The number of rotatable bonds is 2. The molecule has 0 amide bonds. The second kappa shape index (κ2) is 2.95. The van der Waals surface area contributed by atoms with Gasteiger partial charge in [0.05, 0.1) is 11.7 Å². The smallest absolute Gasteiger partial charge is 0.122 e. The molecule has 0 fully saturated rings. The molecule has 0 spiro atoms. The summed E-state index contributed by atoms with van der Waals surface area (Å²) in [7, 11) is 0. The first-order valence-corrected chi connectivity index (χ1v) is 3.96. The molecule has 2 N–H and O–H groups in total. The van der Waals surface area contributed by atoms with Crippen molar-refractivity contribution in [3.63, 3.8) is 0 Å². The summed E-state index contributed by atoms with van der Waals surface area (Å²) in [4.78, 5) is 0. The van der Waals surface area contributed by atoms with Gasteiger partial charge in [-0.2, -0.15) is 5.10 Å². The first-order chi connectivity index (χ1) is 5.15. The number of aromatic nitrogens is 2. The van der Waals surface area contributed by atoms with Crippen molar-refractivity contribution >= 4 is 5.82 Å². The van der Waals surface area contributed by atoms with E-state index in [4.69, 9.17) is 5.73 Å². The van der Waals surface area contributed by atoms with Crippen LogP contribution >= 0.6 is 0 Å². The Morgan fingerprint density at radius 1 is 1.73 bits per heavy atom. The van der Waals surface area contributed by atoms with Gasteiger partial charge in [0.1, 0.15) is 5.82 Å². The van der Waals surface area contributed by atoms with E-state index in [-0.39, 0.29) is 0 Å². The maximum atomic E-state index is 5.72. The van der Waals surface area contributed by atoms with Gasteiger partial charge in [-0.1, -0.05) is 6.92 Å². The molecule has 62 valence electrons.